The van der Waals surface area contributed by atoms with Crippen LogP contribution in [0, 0.1) is 0 Å². The topological polar surface area (TPSA) is 37.3 Å². The zero-order chi connectivity index (χ0) is 27.8. The summed E-state index contributed by atoms with van der Waals surface area (Å²) in [6.45, 7) is 4.49. The summed E-state index contributed by atoms with van der Waals surface area (Å²) < 4.78 is 0. The van der Waals surface area contributed by atoms with E-state index in [0.717, 1.165) is 44.9 Å². The van der Waals surface area contributed by atoms with Crippen LogP contribution in [0.25, 0.3) is 0 Å². The van der Waals surface area contributed by atoms with Crippen LogP contribution in [0.4, 0.5) is 0 Å². The van der Waals surface area contributed by atoms with Crippen LogP contribution in [0.2, 0.25) is 0 Å². The van der Waals surface area contributed by atoms with Crippen LogP contribution in [0.15, 0.2) is 48.6 Å². The molecule has 0 radical (unpaired) electrons. The highest BCUT2D eigenvalue weighted by Crippen LogP contribution is 2.13. The van der Waals surface area contributed by atoms with Crippen molar-refractivity contribution in [2.24, 2.45) is 0 Å². The molecule has 0 fully saturated rings. The van der Waals surface area contributed by atoms with E-state index >= 15 is 0 Å². The summed E-state index contributed by atoms with van der Waals surface area (Å²) in [5.41, 5.74) is 0. The normalized spacial score (nSPS) is 13.1. The predicted molar refractivity (Wildman–Crippen MR) is 170 cm³/mol. The lowest BCUT2D eigenvalue weighted by molar-refractivity contribution is -0.127. The largest absolute Gasteiger partial charge is 0.385 e. The first-order chi connectivity index (χ1) is 18.7. The van der Waals surface area contributed by atoms with Gasteiger partial charge in [-0.05, 0) is 77.0 Å². The van der Waals surface area contributed by atoms with Gasteiger partial charge in [-0.2, -0.15) is 0 Å². The van der Waals surface area contributed by atoms with Crippen LogP contribution in [0.1, 0.15) is 168 Å². The minimum atomic E-state index is -0.737. The Morgan fingerprint density at radius 3 is 1.32 bits per heavy atom. The van der Waals surface area contributed by atoms with Gasteiger partial charge in [-0.15, -0.1) is 0 Å². The molecule has 0 saturated carbocycles. The first-order valence-corrected chi connectivity index (χ1v) is 16.5. The monoisotopic (exact) mass is 528 g/mol. The molecule has 0 amide bonds. The smallest absolute Gasteiger partial charge is 0.161 e. The second-order valence-electron chi connectivity index (χ2n) is 11.0. The van der Waals surface area contributed by atoms with Gasteiger partial charge < -0.3 is 5.11 Å². The Hall–Kier alpha value is -1.41. The molecule has 0 aliphatic heterocycles. The molecule has 0 rings (SSSR count). The number of unbranched alkanes of at least 4 members (excludes halogenated alkanes) is 16. The molecule has 0 aliphatic rings. The van der Waals surface area contributed by atoms with Crippen molar-refractivity contribution in [2.75, 3.05) is 0 Å². The average Bonchev–Trinajstić information content (AvgIpc) is 2.92. The molecule has 0 aromatic heterocycles. The van der Waals surface area contributed by atoms with Gasteiger partial charge >= 0.3 is 0 Å². The summed E-state index contributed by atoms with van der Waals surface area (Å²) in [5.74, 6) is 0.0558. The highest BCUT2D eigenvalue weighted by molar-refractivity contribution is 5.82. The zero-order valence-electron chi connectivity index (χ0n) is 25.5. The van der Waals surface area contributed by atoms with E-state index in [4.69, 9.17) is 0 Å². The fourth-order valence-corrected chi connectivity index (χ4v) is 4.59. The lowest BCUT2D eigenvalue weighted by atomic mass is 10.0. The van der Waals surface area contributed by atoms with Crippen LogP contribution < -0.4 is 0 Å². The zero-order valence-corrected chi connectivity index (χ0v) is 25.5. The third-order valence-corrected chi connectivity index (χ3v) is 7.17. The van der Waals surface area contributed by atoms with Gasteiger partial charge in [0.2, 0.25) is 0 Å². The van der Waals surface area contributed by atoms with E-state index in [2.05, 4.69) is 62.5 Å². The summed E-state index contributed by atoms with van der Waals surface area (Å²) in [7, 11) is 0. The molecule has 1 atom stereocenters. The van der Waals surface area contributed by atoms with E-state index in [0.29, 0.717) is 12.8 Å². The Bertz CT molecular complexity index is 598. The van der Waals surface area contributed by atoms with Crippen molar-refractivity contribution in [3.63, 3.8) is 0 Å². The Morgan fingerprint density at radius 1 is 0.500 bits per heavy atom. The van der Waals surface area contributed by atoms with Crippen LogP contribution in [-0.2, 0) is 4.79 Å². The van der Waals surface area contributed by atoms with Crippen molar-refractivity contribution < 1.29 is 9.90 Å². The molecule has 0 bridgehead atoms. The predicted octanol–water partition coefficient (Wildman–Crippen LogP) is 11.5. The molecule has 0 aromatic rings. The molecule has 2 nitrogen and oxygen atoms in total. The molecular formula is C36H64O2. The van der Waals surface area contributed by atoms with Gasteiger partial charge in [0.15, 0.2) is 5.78 Å². The molecule has 1 unspecified atom stereocenters. The third kappa shape index (κ3) is 29.2. The highest BCUT2D eigenvalue weighted by Gasteiger charge is 2.13. The number of aliphatic hydroxyl groups excluding tert-OH is 1. The van der Waals surface area contributed by atoms with Gasteiger partial charge in [-0.25, -0.2) is 0 Å². The van der Waals surface area contributed by atoms with Crippen LogP contribution in [0.3, 0.4) is 0 Å². The summed E-state index contributed by atoms with van der Waals surface area (Å²) in [6.07, 6.45) is 45.1. The number of Topliss-reactive ketones (excluding diaryl/α,β-unsaturated/α-hetero) is 1. The number of allylic oxidation sites excluding steroid dienone is 8. The number of carbonyl (C=O) groups excluding carboxylic acids is 1. The number of hydrogen-bond donors (Lipinski definition) is 1. The lowest BCUT2D eigenvalue weighted by Crippen LogP contribution is -2.19. The standard InChI is InChI=1S/C36H64O2/c1-3-5-7-9-11-13-15-17-19-21-23-25-27-29-31-33-35(37)36(38)34-32-30-28-26-24-22-20-18-16-14-12-10-8-6-4-2/h11-14,17-20,35,37H,3-10,15-16,21-34H2,1-2H3/b13-11?,14-12-,19-17?,20-18-. The van der Waals surface area contributed by atoms with Crippen molar-refractivity contribution in [2.45, 2.75) is 174 Å². The highest BCUT2D eigenvalue weighted by atomic mass is 16.3. The maximum atomic E-state index is 12.2. The Labute approximate surface area is 238 Å². The van der Waals surface area contributed by atoms with Gasteiger partial charge in [-0.3, -0.25) is 4.79 Å². The second-order valence-corrected chi connectivity index (χ2v) is 11.0. The first kappa shape index (κ1) is 36.6. The molecule has 220 valence electrons. The number of rotatable bonds is 29. The summed E-state index contributed by atoms with van der Waals surface area (Å²) in [4.78, 5) is 12.2. The fourth-order valence-electron chi connectivity index (χ4n) is 4.59. The third-order valence-electron chi connectivity index (χ3n) is 7.17. The summed E-state index contributed by atoms with van der Waals surface area (Å²) in [5, 5.41) is 10.2. The lowest BCUT2D eigenvalue weighted by Gasteiger charge is -2.09. The van der Waals surface area contributed by atoms with E-state index in [9.17, 15) is 9.90 Å². The Morgan fingerprint density at radius 2 is 0.868 bits per heavy atom. The SMILES string of the molecule is CCCCCC=CCC=CCCCCCCCC(O)C(=O)CCCCCCC/C=C\C/C=C\CCCCC. The van der Waals surface area contributed by atoms with Crippen molar-refractivity contribution in [1.29, 1.82) is 0 Å². The van der Waals surface area contributed by atoms with Crippen molar-refractivity contribution in [3.8, 4) is 0 Å². The van der Waals surface area contributed by atoms with Gasteiger partial charge in [0, 0.05) is 6.42 Å². The van der Waals surface area contributed by atoms with Crippen molar-refractivity contribution in [1.82, 2.24) is 0 Å². The first-order valence-electron chi connectivity index (χ1n) is 16.5. The fraction of sp³-hybridized carbons (Fsp3) is 0.750. The van der Waals surface area contributed by atoms with E-state index < -0.39 is 6.10 Å². The van der Waals surface area contributed by atoms with Crippen molar-refractivity contribution >= 4 is 5.78 Å². The Kier molecular flexibility index (Phi) is 30.6. The summed E-state index contributed by atoms with van der Waals surface area (Å²) >= 11 is 0. The second kappa shape index (κ2) is 31.8. The molecule has 2 heteroatoms. The molecule has 1 N–H and O–H groups in total. The average molecular weight is 529 g/mol. The minimum absolute atomic E-state index is 0.0558. The van der Waals surface area contributed by atoms with E-state index in [1.54, 1.807) is 0 Å². The van der Waals surface area contributed by atoms with E-state index in [1.807, 2.05) is 0 Å². The molecule has 0 spiro atoms. The van der Waals surface area contributed by atoms with Crippen LogP contribution >= 0.6 is 0 Å². The van der Waals surface area contributed by atoms with Gasteiger partial charge in [0.25, 0.3) is 0 Å². The molecule has 0 saturated heterocycles. The Balaban J connectivity index is 3.44. The molecule has 0 aromatic carbocycles. The van der Waals surface area contributed by atoms with E-state index in [-0.39, 0.29) is 5.78 Å². The number of ketones is 1. The van der Waals surface area contributed by atoms with Crippen LogP contribution in [0.5, 0.6) is 0 Å². The molecular weight excluding hydrogens is 464 g/mol. The number of aliphatic hydroxyl groups is 1. The maximum absolute atomic E-state index is 12.2. The molecule has 0 aliphatic carbocycles. The quantitative estimate of drug-likeness (QED) is 0.0774. The summed E-state index contributed by atoms with van der Waals surface area (Å²) in [6, 6.07) is 0. The molecule has 0 heterocycles. The number of hydrogen-bond acceptors (Lipinski definition) is 2. The minimum Gasteiger partial charge on any atom is -0.385 e. The van der Waals surface area contributed by atoms with Gasteiger partial charge in [0.05, 0.1) is 0 Å². The van der Waals surface area contributed by atoms with Crippen molar-refractivity contribution in [3.05, 3.63) is 48.6 Å². The molecule has 38 heavy (non-hydrogen) atoms. The van der Waals surface area contributed by atoms with Gasteiger partial charge in [-0.1, -0.05) is 133 Å². The van der Waals surface area contributed by atoms with Gasteiger partial charge in [0.1, 0.15) is 6.10 Å². The van der Waals surface area contributed by atoms with E-state index in [1.165, 1.54) is 96.3 Å². The number of carbonyl (C=O) groups is 1. The maximum Gasteiger partial charge on any atom is 0.161 e. The van der Waals surface area contributed by atoms with Crippen LogP contribution in [-0.4, -0.2) is 17.0 Å².